The Balaban J connectivity index is 2.24. The monoisotopic (exact) mass is 230 g/mol. The van der Waals surface area contributed by atoms with Crippen LogP contribution in [0, 0.1) is 17.1 Å². The summed E-state index contributed by atoms with van der Waals surface area (Å²) in [7, 11) is 0. The van der Waals surface area contributed by atoms with Gasteiger partial charge in [0, 0.05) is 0 Å². The van der Waals surface area contributed by atoms with Crippen LogP contribution in [-0.4, -0.2) is 16.1 Å². The molecule has 2 N–H and O–H groups in total. The van der Waals surface area contributed by atoms with Gasteiger partial charge in [-0.3, -0.25) is 9.89 Å². The Morgan fingerprint density at radius 2 is 2.24 bits per heavy atom. The Hall–Kier alpha value is -2.68. The quantitative estimate of drug-likeness (QED) is 0.823. The van der Waals surface area contributed by atoms with Gasteiger partial charge < -0.3 is 5.32 Å². The van der Waals surface area contributed by atoms with Crippen LogP contribution < -0.4 is 5.32 Å². The van der Waals surface area contributed by atoms with Gasteiger partial charge in [0.15, 0.2) is 0 Å². The number of anilines is 1. The zero-order valence-corrected chi connectivity index (χ0v) is 8.57. The number of nitrogens with zero attached hydrogens (tertiary/aromatic N) is 2. The molecule has 2 aromatic rings. The standard InChI is InChI=1S/C11H7FN4O/c12-9-4-2-1-3-8(9)11(17)15-10-7(5-13)6-14-16-10/h1-4,6H,(H2,14,15,16,17). The van der Waals surface area contributed by atoms with Crippen LogP contribution in [-0.2, 0) is 0 Å². The van der Waals surface area contributed by atoms with Crippen LogP contribution in [0.1, 0.15) is 15.9 Å². The van der Waals surface area contributed by atoms with Gasteiger partial charge in [-0.15, -0.1) is 0 Å². The highest BCUT2D eigenvalue weighted by Gasteiger charge is 2.13. The number of hydrogen-bond donors (Lipinski definition) is 2. The van der Waals surface area contributed by atoms with E-state index in [4.69, 9.17) is 5.26 Å². The summed E-state index contributed by atoms with van der Waals surface area (Å²) in [4.78, 5) is 11.7. The second-order valence-corrected chi connectivity index (χ2v) is 3.20. The first kappa shape index (κ1) is 10.8. The summed E-state index contributed by atoms with van der Waals surface area (Å²) in [5.74, 6) is -1.10. The number of nitriles is 1. The summed E-state index contributed by atoms with van der Waals surface area (Å²) in [6, 6.07) is 7.43. The van der Waals surface area contributed by atoms with Crippen molar-refractivity contribution in [2.75, 3.05) is 5.32 Å². The number of H-pyrrole nitrogens is 1. The minimum Gasteiger partial charge on any atom is -0.306 e. The van der Waals surface area contributed by atoms with E-state index in [-0.39, 0.29) is 16.9 Å². The number of carbonyl (C=O) groups excluding carboxylic acids is 1. The SMILES string of the molecule is N#Cc1cn[nH]c1NC(=O)c1ccccc1F. The summed E-state index contributed by atoms with van der Waals surface area (Å²) in [6.45, 7) is 0. The maximum atomic E-state index is 13.3. The van der Waals surface area contributed by atoms with E-state index in [0.29, 0.717) is 0 Å². The first-order valence-corrected chi connectivity index (χ1v) is 4.71. The van der Waals surface area contributed by atoms with E-state index in [1.54, 1.807) is 6.07 Å². The molecule has 0 aliphatic carbocycles. The average Bonchev–Trinajstić information content (AvgIpc) is 2.76. The molecule has 0 bridgehead atoms. The fourth-order valence-electron chi connectivity index (χ4n) is 1.29. The molecular weight excluding hydrogens is 223 g/mol. The zero-order chi connectivity index (χ0) is 12.3. The predicted octanol–water partition coefficient (Wildman–Crippen LogP) is 1.67. The lowest BCUT2D eigenvalue weighted by atomic mass is 10.2. The molecule has 0 unspecified atom stereocenters. The molecule has 0 aliphatic rings. The molecule has 1 heterocycles. The van der Waals surface area contributed by atoms with E-state index in [2.05, 4.69) is 15.5 Å². The van der Waals surface area contributed by atoms with Gasteiger partial charge in [0.05, 0.1) is 11.8 Å². The minimum absolute atomic E-state index is 0.0917. The van der Waals surface area contributed by atoms with Gasteiger partial charge >= 0.3 is 0 Å². The van der Waals surface area contributed by atoms with Crippen molar-refractivity contribution >= 4 is 11.7 Å². The molecule has 0 aliphatic heterocycles. The Morgan fingerprint density at radius 1 is 1.47 bits per heavy atom. The predicted molar refractivity (Wildman–Crippen MR) is 57.7 cm³/mol. The molecule has 0 atom stereocenters. The third-order valence-electron chi connectivity index (χ3n) is 2.12. The van der Waals surface area contributed by atoms with E-state index in [9.17, 15) is 9.18 Å². The van der Waals surface area contributed by atoms with Gasteiger partial charge in [0.2, 0.25) is 0 Å². The van der Waals surface area contributed by atoms with Gasteiger partial charge in [-0.25, -0.2) is 4.39 Å². The number of benzene rings is 1. The molecule has 6 heteroatoms. The van der Waals surface area contributed by atoms with Crippen molar-refractivity contribution in [1.29, 1.82) is 5.26 Å². The van der Waals surface area contributed by atoms with Gasteiger partial charge in [-0.05, 0) is 12.1 Å². The zero-order valence-electron chi connectivity index (χ0n) is 8.57. The Kier molecular flexibility index (Phi) is 2.83. The molecule has 1 aromatic carbocycles. The fraction of sp³-hybridized carbons (Fsp3) is 0. The lowest BCUT2D eigenvalue weighted by Crippen LogP contribution is -2.14. The highest BCUT2D eigenvalue weighted by molar-refractivity contribution is 6.04. The first-order valence-electron chi connectivity index (χ1n) is 4.71. The van der Waals surface area contributed by atoms with Crippen LogP contribution in [0.2, 0.25) is 0 Å². The van der Waals surface area contributed by atoms with Gasteiger partial charge in [-0.1, -0.05) is 12.1 Å². The van der Waals surface area contributed by atoms with Gasteiger partial charge in [0.25, 0.3) is 5.91 Å². The fourth-order valence-corrected chi connectivity index (χ4v) is 1.29. The molecule has 1 aromatic heterocycles. The molecule has 0 saturated heterocycles. The van der Waals surface area contributed by atoms with Crippen molar-refractivity contribution in [1.82, 2.24) is 10.2 Å². The van der Waals surface area contributed by atoms with E-state index in [1.165, 1.54) is 24.4 Å². The van der Waals surface area contributed by atoms with Crippen LogP contribution >= 0.6 is 0 Å². The van der Waals surface area contributed by atoms with Crippen LogP contribution in [0.25, 0.3) is 0 Å². The topological polar surface area (TPSA) is 81.6 Å². The summed E-state index contributed by atoms with van der Waals surface area (Å²) < 4.78 is 13.3. The van der Waals surface area contributed by atoms with Gasteiger partial charge in [0.1, 0.15) is 23.3 Å². The molecule has 84 valence electrons. The lowest BCUT2D eigenvalue weighted by Gasteiger charge is -2.03. The van der Waals surface area contributed by atoms with E-state index < -0.39 is 11.7 Å². The number of aromatic amines is 1. The highest BCUT2D eigenvalue weighted by atomic mass is 19.1. The molecule has 0 radical (unpaired) electrons. The summed E-state index contributed by atoms with van der Waals surface area (Å²) in [5, 5.41) is 17.1. The molecule has 0 saturated carbocycles. The lowest BCUT2D eigenvalue weighted by molar-refractivity contribution is 0.102. The van der Waals surface area contributed by atoms with Crippen molar-refractivity contribution in [3.05, 3.63) is 47.4 Å². The first-order chi connectivity index (χ1) is 8.22. The van der Waals surface area contributed by atoms with Gasteiger partial charge in [-0.2, -0.15) is 10.4 Å². The van der Waals surface area contributed by atoms with Crippen LogP contribution in [0.15, 0.2) is 30.5 Å². The summed E-state index contributed by atoms with van der Waals surface area (Å²) >= 11 is 0. The Labute approximate surface area is 95.9 Å². The van der Waals surface area contributed by atoms with Crippen molar-refractivity contribution in [3.8, 4) is 6.07 Å². The number of nitrogens with one attached hydrogen (secondary N) is 2. The van der Waals surface area contributed by atoms with E-state index >= 15 is 0 Å². The third kappa shape index (κ3) is 2.13. The number of carbonyl (C=O) groups is 1. The molecule has 1 amide bonds. The van der Waals surface area contributed by atoms with E-state index in [1.807, 2.05) is 6.07 Å². The number of halogens is 1. The molecule has 17 heavy (non-hydrogen) atoms. The maximum absolute atomic E-state index is 13.3. The van der Waals surface area contributed by atoms with Crippen LogP contribution in [0.5, 0.6) is 0 Å². The number of rotatable bonds is 2. The van der Waals surface area contributed by atoms with E-state index in [0.717, 1.165) is 0 Å². The Morgan fingerprint density at radius 3 is 2.94 bits per heavy atom. The van der Waals surface area contributed by atoms with Crippen molar-refractivity contribution in [2.45, 2.75) is 0 Å². The number of aromatic nitrogens is 2. The second-order valence-electron chi connectivity index (χ2n) is 3.20. The van der Waals surface area contributed by atoms with Crippen molar-refractivity contribution in [3.63, 3.8) is 0 Å². The number of amides is 1. The number of hydrogen-bond acceptors (Lipinski definition) is 3. The average molecular weight is 230 g/mol. The largest absolute Gasteiger partial charge is 0.306 e. The summed E-state index contributed by atoms with van der Waals surface area (Å²) in [6.07, 6.45) is 1.27. The highest BCUT2D eigenvalue weighted by Crippen LogP contribution is 2.12. The minimum atomic E-state index is -0.635. The summed E-state index contributed by atoms with van der Waals surface area (Å²) in [5.41, 5.74) is 0.0979. The smallest absolute Gasteiger partial charge is 0.259 e. The molecular formula is C11H7FN4O. The van der Waals surface area contributed by atoms with Crippen molar-refractivity contribution < 1.29 is 9.18 Å². The molecule has 5 nitrogen and oxygen atoms in total. The molecule has 0 spiro atoms. The maximum Gasteiger partial charge on any atom is 0.259 e. The molecule has 0 fully saturated rings. The third-order valence-corrected chi connectivity index (χ3v) is 2.12. The molecule has 2 rings (SSSR count). The van der Waals surface area contributed by atoms with Crippen LogP contribution in [0.3, 0.4) is 0 Å². The normalized spacial score (nSPS) is 9.65. The van der Waals surface area contributed by atoms with Crippen molar-refractivity contribution in [2.24, 2.45) is 0 Å². The van der Waals surface area contributed by atoms with Crippen LogP contribution in [0.4, 0.5) is 10.2 Å². The second kappa shape index (κ2) is 4.45. The Bertz CT molecular complexity index is 600.